The number of ether oxygens (including phenoxy) is 1. The zero-order valence-electron chi connectivity index (χ0n) is 12.6. The number of hydrogen-bond donors (Lipinski definition) is 1. The van der Waals surface area contributed by atoms with Gasteiger partial charge in [0.25, 0.3) is 5.91 Å². The van der Waals surface area contributed by atoms with Gasteiger partial charge in [0.2, 0.25) is 0 Å². The van der Waals surface area contributed by atoms with Crippen LogP contribution in [0, 0.1) is 0 Å². The number of rotatable bonds is 4. The highest BCUT2D eigenvalue weighted by molar-refractivity contribution is 6.37. The number of anilines is 1. The van der Waals surface area contributed by atoms with E-state index in [2.05, 4.69) is 19.2 Å². The average Bonchev–Trinajstić information content (AvgIpc) is 2.47. The van der Waals surface area contributed by atoms with E-state index < -0.39 is 0 Å². The first-order valence-electron chi connectivity index (χ1n) is 6.86. The van der Waals surface area contributed by atoms with E-state index in [1.54, 1.807) is 0 Å². The Balaban J connectivity index is 2.18. The lowest BCUT2D eigenvalue weighted by Crippen LogP contribution is -2.12. The largest absolute Gasteiger partial charge is 0.494 e. The molecule has 22 heavy (non-hydrogen) atoms. The van der Waals surface area contributed by atoms with Crippen LogP contribution >= 0.6 is 23.2 Å². The Morgan fingerprint density at radius 3 is 2.09 bits per heavy atom. The molecule has 0 aromatic heterocycles. The highest BCUT2D eigenvalue weighted by Gasteiger charge is 2.13. The molecule has 2 aromatic carbocycles. The lowest BCUT2D eigenvalue weighted by Gasteiger charge is -2.10. The van der Waals surface area contributed by atoms with Crippen LogP contribution in [-0.4, -0.2) is 13.0 Å². The molecule has 1 N–H and O–H groups in total. The minimum atomic E-state index is -0.274. The lowest BCUT2D eigenvalue weighted by molar-refractivity contribution is 0.102. The second-order valence-corrected chi connectivity index (χ2v) is 6.02. The fraction of sp³-hybridized carbons (Fsp3) is 0.235. The molecule has 116 valence electrons. The summed E-state index contributed by atoms with van der Waals surface area (Å²) < 4.78 is 5.07. The summed E-state index contributed by atoms with van der Waals surface area (Å²) in [5.41, 5.74) is 2.31. The van der Waals surface area contributed by atoms with Crippen molar-refractivity contribution in [2.24, 2.45) is 0 Å². The van der Waals surface area contributed by atoms with Gasteiger partial charge in [-0.25, -0.2) is 0 Å². The van der Waals surface area contributed by atoms with E-state index in [-0.39, 0.29) is 5.91 Å². The van der Waals surface area contributed by atoms with Crippen LogP contribution in [0.25, 0.3) is 0 Å². The summed E-state index contributed by atoms with van der Waals surface area (Å²) in [5.74, 6) is 0.536. The summed E-state index contributed by atoms with van der Waals surface area (Å²) in [6, 6.07) is 10.8. The van der Waals surface area contributed by atoms with Crippen LogP contribution in [-0.2, 0) is 0 Å². The van der Waals surface area contributed by atoms with E-state index in [4.69, 9.17) is 27.9 Å². The van der Waals surface area contributed by atoms with Crippen molar-refractivity contribution in [2.75, 3.05) is 12.4 Å². The van der Waals surface area contributed by atoms with Crippen molar-refractivity contribution >= 4 is 34.8 Å². The number of hydrogen-bond acceptors (Lipinski definition) is 2. The van der Waals surface area contributed by atoms with Crippen LogP contribution in [0.1, 0.15) is 35.7 Å². The monoisotopic (exact) mass is 337 g/mol. The Bertz CT molecular complexity index is 659. The molecule has 0 aliphatic rings. The zero-order valence-corrected chi connectivity index (χ0v) is 14.1. The number of amides is 1. The van der Waals surface area contributed by atoms with E-state index in [1.807, 2.05) is 24.3 Å². The molecule has 0 aliphatic heterocycles. The molecule has 2 rings (SSSR count). The maximum Gasteiger partial charge on any atom is 0.255 e. The van der Waals surface area contributed by atoms with Gasteiger partial charge >= 0.3 is 0 Å². The summed E-state index contributed by atoms with van der Waals surface area (Å²) >= 11 is 12.1. The Morgan fingerprint density at radius 2 is 1.64 bits per heavy atom. The van der Waals surface area contributed by atoms with Crippen molar-refractivity contribution in [1.29, 1.82) is 0 Å². The molecular weight excluding hydrogens is 321 g/mol. The van der Waals surface area contributed by atoms with Gasteiger partial charge in [-0.2, -0.15) is 0 Å². The summed E-state index contributed by atoms with van der Waals surface area (Å²) in [7, 11) is 1.48. The quantitative estimate of drug-likeness (QED) is 0.813. The van der Waals surface area contributed by atoms with Gasteiger partial charge in [0.05, 0.1) is 17.2 Å². The van der Waals surface area contributed by atoms with Crippen LogP contribution in [0.5, 0.6) is 5.75 Å². The standard InChI is InChI=1S/C17H17Cl2NO2/c1-10(2)11-4-6-13(7-5-11)20-17(21)12-8-14(18)16(22-3)15(19)9-12/h4-10H,1-3H3,(H,20,21). The van der Waals surface area contributed by atoms with Crippen molar-refractivity contribution in [3.05, 3.63) is 57.6 Å². The summed E-state index contributed by atoms with van der Waals surface area (Å²) in [5, 5.41) is 3.42. The number of carbonyl (C=O) groups excluding carboxylic acids is 1. The SMILES string of the molecule is COc1c(Cl)cc(C(=O)Nc2ccc(C(C)C)cc2)cc1Cl. The van der Waals surface area contributed by atoms with E-state index in [1.165, 1.54) is 24.8 Å². The first kappa shape index (κ1) is 16.7. The summed E-state index contributed by atoms with van der Waals surface area (Å²) in [4.78, 5) is 12.3. The van der Waals surface area contributed by atoms with Crippen LogP contribution in [0.15, 0.2) is 36.4 Å². The molecule has 1 amide bonds. The zero-order chi connectivity index (χ0) is 16.3. The normalized spacial score (nSPS) is 10.6. The van der Waals surface area contributed by atoms with Gasteiger partial charge in [-0.05, 0) is 35.7 Å². The van der Waals surface area contributed by atoms with Crippen molar-refractivity contribution in [1.82, 2.24) is 0 Å². The molecule has 0 radical (unpaired) electrons. The molecule has 0 saturated carbocycles. The van der Waals surface area contributed by atoms with Gasteiger partial charge < -0.3 is 10.1 Å². The molecule has 3 nitrogen and oxygen atoms in total. The average molecular weight is 338 g/mol. The van der Waals surface area contributed by atoms with Gasteiger partial charge in [0, 0.05) is 11.3 Å². The minimum Gasteiger partial charge on any atom is -0.494 e. The number of methoxy groups -OCH3 is 1. The molecule has 0 heterocycles. The first-order chi connectivity index (χ1) is 10.4. The lowest BCUT2D eigenvalue weighted by atomic mass is 10.0. The van der Waals surface area contributed by atoms with Gasteiger partial charge in [0.15, 0.2) is 5.75 Å². The van der Waals surface area contributed by atoms with Crippen LogP contribution in [0.3, 0.4) is 0 Å². The molecular formula is C17H17Cl2NO2. The minimum absolute atomic E-state index is 0.274. The van der Waals surface area contributed by atoms with Crippen molar-refractivity contribution in [2.45, 2.75) is 19.8 Å². The fourth-order valence-corrected chi connectivity index (χ4v) is 2.68. The Labute approximate surface area is 140 Å². The predicted octanol–water partition coefficient (Wildman–Crippen LogP) is 5.38. The van der Waals surface area contributed by atoms with E-state index in [0.717, 1.165) is 5.69 Å². The highest BCUT2D eigenvalue weighted by atomic mass is 35.5. The van der Waals surface area contributed by atoms with Crippen LogP contribution in [0.2, 0.25) is 10.0 Å². The molecule has 0 unspecified atom stereocenters. The van der Waals surface area contributed by atoms with Gasteiger partial charge in [-0.1, -0.05) is 49.2 Å². The Kier molecular flexibility index (Phi) is 5.33. The number of nitrogens with one attached hydrogen (secondary N) is 1. The fourth-order valence-electron chi connectivity index (χ4n) is 2.04. The second-order valence-electron chi connectivity index (χ2n) is 5.20. The third kappa shape index (κ3) is 3.73. The van der Waals surface area contributed by atoms with Crippen LogP contribution < -0.4 is 10.1 Å². The van der Waals surface area contributed by atoms with Gasteiger partial charge in [-0.15, -0.1) is 0 Å². The topological polar surface area (TPSA) is 38.3 Å². The maximum absolute atomic E-state index is 12.3. The third-order valence-corrected chi connectivity index (χ3v) is 3.86. The number of halogens is 2. The van der Waals surface area contributed by atoms with E-state index in [9.17, 15) is 4.79 Å². The third-order valence-electron chi connectivity index (χ3n) is 3.30. The molecule has 0 bridgehead atoms. The number of benzene rings is 2. The summed E-state index contributed by atoms with van der Waals surface area (Å²) in [6.45, 7) is 4.24. The van der Waals surface area contributed by atoms with E-state index in [0.29, 0.717) is 27.3 Å². The number of carbonyl (C=O) groups is 1. The molecule has 0 aliphatic carbocycles. The van der Waals surface area contributed by atoms with E-state index >= 15 is 0 Å². The molecule has 0 fully saturated rings. The van der Waals surface area contributed by atoms with Crippen molar-refractivity contribution in [3.63, 3.8) is 0 Å². The molecule has 5 heteroatoms. The highest BCUT2D eigenvalue weighted by Crippen LogP contribution is 2.34. The second kappa shape index (κ2) is 7.03. The maximum atomic E-state index is 12.3. The molecule has 2 aromatic rings. The van der Waals surface area contributed by atoms with Crippen molar-refractivity contribution in [3.8, 4) is 5.75 Å². The molecule has 0 saturated heterocycles. The predicted molar refractivity (Wildman–Crippen MR) is 91.5 cm³/mol. The molecule has 0 spiro atoms. The van der Waals surface area contributed by atoms with Gasteiger partial charge in [0.1, 0.15) is 0 Å². The Morgan fingerprint density at radius 1 is 1.09 bits per heavy atom. The Hall–Kier alpha value is -1.71. The molecule has 0 atom stereocenters. The first-order valence-corrected chi connectivity index (χ1v) is 7.62. The van der Waals surface area contributed by atoms with Gasteiger partial charge in [-0.3, -0.25) is 4.79 Å². The van der Waals surface area contributed by atoms with Crippen molar-refractivity contribution < 1.29 is 9.53 Å². The summed E-state index contributed by atoms with van der Waals surface area (Å²) in [6.07, 6.45) is 0. The van der Waals surface area contributed by atoms with Crippen LogP contribution in [0.4, 0.5) is 5.69 Å². The smallest absolute Gasteiger partial charge is 0.255 e.